The third kappa shape index (κ3) is 5.44. The number of aliphatic imine (C=N–C) groups is 1. The number of benzene rings is 3. The number of nitro benzene ring substituents is 2. The quantitative estimate of drug-likeness (QED) is 0.186. The normalized spacial score (nSPS) is 10.8. The molecule has 0 heterocycles. The lowest BCUT2D eigenvalue weighted by atomic mass is 10.2. The van der Waals surface area contributed by atoms with Crippen molar-refractivity contribution in [3.8, 4) is 17.2 Å². The van der Waals surface area contributed by atoms with Crippen LogP contribution in [-0.4, -0.2) is 23.2 Å². The first-order valence-electron chi connectivity index (χ1n) is 8.56. The highest BCUT2D eigenvalue weighted by atomic mass is 79.9. The summed E-state index contributed by atoms with van der Waals surface area (Å²) >= 11 is 6.78. The van der Waals surface area contributed by atoms with E-state index in [0.717, 1.165) is 29.1 Å². The predicted octanol–water partition coefficient (Wildman–Crippen LogP) is 6.58. The van der Waals surface area contributed by atoms with Crippen LogP contribution < -0.4 is 9.47 Å². The summed E-state index contributed by atoms with van der Waals surface area (Å²) in [7, 11) is 1.59. The van der Waals surface area contributed by atoms with Crippen molar-refractivity contribution >= 4 is 55.1 Å². The van der Waals surface area contributed by atoms with Crippen LogP contribution in [0.4, 0.5) is 17.1 Å². The average molecular weight is 551 g/mol. The van der Waals surface area contributed by atoms with Gasteiger partial charge in [-0.25, -0.2) is 0 Å². The van der Waals surface area contributed by atoms with Gasteiger partial charge in [0.15, 0.2) is 5.75 Å². The molecule has 0 fully saturated rings. The van der Waals surface area contributed by atoms with E-state index in [2.05, 4.69) is 36.9 Å². The van der Waals surface area contributed by atoms with Crippen molar-refractivity contribution in [2.75, 3.05) is 7.11 Å². The van der Waals surface area contributed by atoms with Gasteiger partial charge in [0.05, 0.1) is 37.7 Å². The molecule has 0 amide bonds. The summed E-state index contributed by atoms with van der Waals surface area (Å²) in [5, 5.41) is 22.2. The topological polar surface area (TPSA) is 117 Å². The van der Waals surface area contributed by atoms with Crippen LogP contribution in [0.2, 0.25) is 0 Å². The zero-order valence-corrected chi connectivity index (χ0v) is 19.0. The molecule has 0 N–H and O–H groups in total. The Hall–Kier alpha value is -3.31. The van der Waals surface area contributed by atoms with Gasteiger partial charge < -0.3 is 9.47 Å². The van der Waals surface area contributed by atoms with E-state index in [9.17, 15) is 20.2 Å². The summed E-state index contributed by atoms with van der Waals surface area (Å²) in [6.07, 6.45) is 1.65. The summed E-state index contributed by atoms with van der Waals surface area (Å²) in [5.41, 5.74) is 0.551. The zero-order valence-electron chi connectivity index (χ0n) is 15.8. The Morgan fingerprint density at radius 1 is 0.935 bits per heavy atom. The molecule has 0 aliphatic rings. The highest BCUT2D eigenvalue weighted by Crippen LogP contribution is 2.41. The Morgan fingerprint density at radius 2 is 1.58 bits per heavy atom. The molecule has 0 aliphatic carbocycles. The molecule has 0 saturated carbocycles. The van der Waals surface area contributed by atoms with Crippen molar-refractivity contribution in [3.63, 3.8) is 0 Å². The standard InChI is InChI=1S/C20H13Br2N3O6/c1-30-15-5-2-13(3-6-15)23-11-12-8-16(21)20(17(22)9-12)31-19-7-4-14(24(26)27)10-18(19)25(28)29/h2-11H,1H3. The molecule has 0 unspecified atom stereocenters. The van der Waals surface area contributed by atoms with Gasteiger partial charge in [-0.2, -0.15) is 0 Å². The number of methoxy groups -OCH3 is 1. The number of hydrogen-bond acceptors (Lipinski definition) is 7. The van der Waals surface area contributed by atoms with Crippen LogP contribution in [0, 0.1) is 20.2 Å². The second-order valence-corrected chi connectivity index (χ2v) is 7.75. The molecule has 3 aromatic rings. The molecule has 9 nitrogen and oxygen atoms in total. The highest BCUT2D eigenvalue weighted by molar-refractivity contribution is 9.11. The van der Waals surface area contributed by atoms with Crippen LogP contribution >= 0.6 is 31.9 Å². The largest absolute Gasteiger partial charge is 0.497 e. The van der Waals surface area contributed by atoms with E-state index in [-0.39, 0.29) is 11.5 Å². The molecule has 0 aromatic heterocycles. The van der Waals surface area contributed by atoms with Crippen LogP contribution in [0.5, 0.6) is 17.2 Å². The van der Waals surface area contributed by atoms with E-state index in [1.807, 2.05) is 12.1 Å². The van der Waals surface area contributed by atoms with Crippen LogP contribution in [-0.2, 0) is 0 Å². The number of halogens is 2. The Morgan fingerprint density at radius 3 is 2.13 bits per heavy atom. The van der Waals surface area contributed by atoms with Crippen molar-refractivity contribution in [3.05, 3.63) is 89.3 Å². The first-order valence-corrected chi connectivity index (χ1v) is 10.1. The second kappa shape index (κ2) is 9.67. The van der Waals surface area contributed by atoms with E-state index < -0.39 is 21.2 Å². The lowest BCUT2D eigenvalue weighted by Gasteiger charge is -2.11. The minimum atomic E-state index is -0.736. The lowest BCUT2D eigenvalue weighted by Crippen LogP contribution is -1.97. The SMILES string of the molecule is COc1ccc(N=Cc2cc(Br)c(Oc3ccc([N+](=O)[O-])cc3[N+](=O)[O-])c(Br)c2)cc1. The molecule has 11 heteroatoms. The fourth-order valence-electron chi connectivity index (χ4n) is 2.53. The van der Waals surface area contributed by atoms with Crippen molar-refractivity contribution in [2.45, 2.75) is 0 Å². The number of non-ortho nitro benzene ring substituents is 1. The summed E-state index contributed by atoms with van der Waals surface area (Å²) in [5.74, 6) is 0.876. The maximum Gasteiger partial charge on any atom is 0.318 e. The van der Waals surface area contributed by atoms with Crippen molar-refractivity contribution in [2.24, 2.45) is 4.99 Å². The Balaban J connectivity index is 1.88. The highest BCUT2D eigenvalue weighted by Gasteiger charge is 2.22. The van der Waals surface area contributed by atoms with Crippen molar-refractivity contribution < 1.29 is 19.3 Å². The Labute approximate surface area is 192 Å². The first kappa shape index (κ1) is 22.4. The predicted molar refractivity (Wildman–Crippen MR) is 122 cm³/mol. The van der Waals surface area contributed by atoms with Gasteiger partial charge in [0.25, 0.3) is 5.69 Å². The fraction of sp³-hybridized carbons (Fsp3) is 0.0500. The molecule has 0 saturated heterocycles. The Bertz CT molecular complexity index is 1160. The van der Waals surface area contributed by atoms with Gasteiger partial charge in [0.1, 0.15) is 5.75 Å². The number of nitro groups is 2. The van der Waals surface area contributed by atoms with E-state index in [0.29, 0.717) is 8.95 Å². The minimum Gasteiger partial charge on any atom is -0.497 e. The van der Waals surface area contributed by atoms with Crippen molar-refractivity contribution in [1.29, 1.82) is 0 Å². The summed E-state index contributed by atoms with van der Waals surface area (Å²) in [6.45, 7) is 0. The first-order chi connectivity index (χ1) is 14.8. The van der Waals surface area contributed by atoms with E-state index in [4.69, 9.17) is 9.47 Å². The third-order valence-corrected chi connectivity index (χ3v) is 5.20. The van der Waals surface area contributed by atoms with Crippen molar-refractivity contribution in [1.82, 2.24) is 0 Å². The van der Waals surface area contributed by atoms with Gasteiger partial charge in [-0.3, -0.25) is 25.2 Å². The molecule has 3 rings (SSSR count). The molecule has 31 heavy (non-hydrogen) atoms. The molecule has 158 valence electrons. The van der Waals surface area contributed by atoms with E-state index in [1.165, 1.54) is 6.07 Å². The molecule has 3 aromatic carbocycles. The monoisotopic (exact) mass is 549 g/mol. The maximum absolute atomic E-state index is 11.3. The van der Waals surface area contributed by atoms with Gasteiger partial charge in [0, 0.05) is 12.3 Å². The van der Waals surface area contributed by atoms with Gasteiger partial charge in [-0.05, 0) is 79.9 Å². The number of nitrogens with zero attached hydrogens (tertiary/aromatic N) is 3. The minimum absolute atomic E-state index is 0.128. The molecular formula is C20H13Br2N3O6. The van der Waals surface area contributed by atoms with Crippen LogP contribution in [0.3, 0.4) is 0 Å². The lowest BCUT2D eigenvalue weighted by molar-refractivity contribution is -0.394. The Kier molecular flexibility index (Phi) is 6.98. The van der Waals surface area contributed by atoms with Gasteiger partial charge in [-0.15, -0.1) is 0 Å². The van der Waals surface area contributed by atoms with Crippen LogP contribution in [0.1, 0.15) is 5.56 Å². The molecule has 0 atom stereocenters. The van der Waals surface area contributed by atoms with Crippen LogP contribution in [0.15, 0.2) is 68.5 Å². The zero-order chi connectivity index (χ0) is 22.5. The molecule has 0 aliphatic heterocycles. The molecule has 0 spiro atoms. The molecule has 0 bridgehead atoms. The molecule has 0 radical (unpaired) electrons. The van der Waals surface area contributed by atoms with E-state index in [1.54, 1.807) is 37.6 Å². The van der Waals surface area contributed by atoms with Gasteiger partial charge in [-0.1, -0.05) is 0 Å². The second-order valence-electron chi connectivity index (χ2n) is 6.04. The number of ether oxygens (including phenoxy) is 2. The van der Waals surface area contributed by atoms with Crippen LogP contribution in [0.25, 0.3) is 0 Å². The molecular weight excluding hydrogens is 538 g/mol. The average Bonchev–Trinajstić information content (AvgIpc) is 2.75. The van der Waals surface area contributed by atoms with E-state index >= 15 is 0 Å². The fourth-order valence-corrected chi connectivity index (χ4v) is 3.91. The number of hydrogen-bond donors (Lipinski definition) is 0. The summed E-state index contributed by atoms with van der Waals surface area (Å²) in [4.78, 5) is 25.2. The number of rotatable bonds is 7. The van der Waals surface area contributed by atoms with Gasteiger partial charge >= 0.3 is 5.69 Å². The summed E-state index contributed by atoms with van der Waals surface area (Å²) < 4.78 is 11.8. The third-order valence-electron chi connectivity index (χ3n) is 4.02. The smallest absolute Gasteiger partial charge is 0.318 e. The summed E-state index contributed by atoms with van der Waals surface area (Å²) in [6, 6.07) is 13.9. The van der Waals surface area contributed by atoms with Gasteiger partial charge in [0.2, 0.25) is 5.75 Å². The maximum atomic E-state index is 11.3.